The highest BCUT2D eigenvalue weighted by molar-refractivity contribution is 7.92. The van der Waals surface area contributed by atoms with Gasteiger partial charge in [-0.05, 0) is 24.5 Å². The van der Waals surface area contributed by atoms with Crippen LogP contribution in [0, 0.1) is 11.7 Å². The fraction of sp³-hybridized carbons (Fsp3) is 0.588. The molecule has 24 heavy (non-hydrogen) atoms. The average Bonchev–Trinajstić information content (AvgIpc) is 2.52. The molecule has 0 saturated carbocycles. The summed E-state index contributed by atoms with van der Waals surface area (Å²) in [4.78, 5) is 12.1. The van der Waals surface area contributed by atoms with Gasteiger partial charge in [-0.3, -0.25) is 9.10 Å². The number of hydrogen-bond donors (Lipinski definition) is 1. The molecule has 1 unspecified atom stereocenters. The van der Waals surface area contributed by atoms with Gasteiger partial charge in [0.2, 0.25) is 15.9 Å². The SMILES string of the molecule is CCCCC(CC)CNC(=O)CN(c1ccccc1F)S(C)(=O)=O. The molecular weight excluding hydrogens is 331 g/mol. The van der Waals surface area contributed by atoms with E-state index in [1.807, 2.05) is 0 Å². The van der Waals surface area contributed by atoms with Crippen LogP contribution in [0.1, 0.15) is 39.5 Å². The van der Waals surface area contributed by atoms with Gasteiger partial charge in [0.15, 0.2) is 0 Å². The number of benzene rings is 1. The van der Waals surface area contributed by atoms with Gasteiger partial charge in [0.1, 0.15) is 12.4 Å². The molecule has 0 radical (unpaired) electrons. The molecule has 1 atom stereocenters. The summed E-state index contributed by atoms with van der Waals surface area (Å²) in [6, 6.07) is 5.52. The quantitative estimate of drug-likeness (QED) is 0.699. The van der Waals surface area contributed by atoms with Gasteiger partial charge in [-0.1, -0.05) is 45.2 Å². The molecule has 0 aliphatic heterocycles. The number of carbonyl (C=O) groups is 1. The molecule has 5 nitrogen and oxygen atoms in total. The van der Waals surface area contributed by atoms with Crippen molar-refractivity contribution in [2.24, 2.45) is 5.92 Å². The van der Waals surface area contributed by atoms with Crippen LogP contribution in [0.4, 0.5) is 10.1 Å². The third-order valence-corrected chi connectivity index (χ3v) is 5.07. The summed E-state index contributed by atoms with van der Waals surface area (Å²) in [5.74, 6) is -0.738. The van der Waals surface area contributed by atoms with Crippen molar-refractivity contribution in [3.63, 3.8) is 0 Å². The van der Waals surface area contributed by atoms with E-state index in [2.05, 4.69) is 19.2 Å². The van der Waals surface area contributed by atoms with Crippen molar-refractivity contribution in [2.45, 2.75) is 39.5 Å². The summed E-state index contributed by atoms with van der Waals surface area (Å²) in [5.41, 5.74) is -0.117. The van der Waals surface area contributed by atoms with Gasteiger partial charge in [-0.25, -0.2) is 12.8 Å². The average molecular weight is 358 g/mol. The maximum atomic E-state index is 13.9. The second-order valence-electron chi connectivity index (χ2n) is 5.94. The summed E-state index contributed by atoms with van der Waals surface area (Å²) in [6.45, 7) is 4.26. The number of nitrogens with one attached hydrogen (secondary N) is 1. The zero-order valence-corrected chi connectivity index (χ0v) is 15.4. The highest BCUT2D eigenvalue weighted by Gasteiger charge is 2.23. The van der Waals surface area contributed by atoms with Gasteiger partial charge < -0.3 is 5.32 Å². The molecule has 0 aliphatic rings. The van der Waals surface area contributed by atoms with Crippen LogP contribution in [0.15, 0.2) is 24.3 Å². The van der Waals surface area contributed by atoms with Crippen LogP contribution in [0.5, 0.6) is 0 Å². The van der Waals surface area contributed by atoms with E-state index >= 15 is 0 Å². The zero-order valence-electron chi connectivity index (χ0n) is 14.6. The molecule has 0 saturated heterocycles. The normalized spacial score (nSPS) is 12.7. The largest absolute Gasteiger partial charge is 0.354 e. The minimum Gasteiger partial charge on any atom is -0.354 e. The minimum atomic E-state index is -3.76. The lowest BCUT2D eigenvalue weighted by Gasteiger charge is -2.23. The summed E-state index contributed by atoms with van der Waals surface area (Å²) >= 11 is 0. The molecule has 0 spiro atoms. The van der Waals surface area contributed by atoms with Crippen LogP contribution in [0.3, 0.4) is 0 Å². The zero-order chi connectivity index (χ0) is 18.2. The van der Waals surface area contributed by atoms with Crippen molar-refractivity contribution in [2.75, 3.05) is 23.7 Å². The number of anilines is 1. The maximum absolute atomic E-state index is 13.9. The van der Waals surface area contributed by atoms with Gasteiger partial charge in [0.25, 0.3) is 0 Å². The lowest BCUT2D eigenvalue weighted by Crippen LogP contribution is -2.42. The summed E-state index contributed by atoms with van der Waals surface area (Å²) in [6.07, 6.45) is 5.13. The van der Waals surface area contributed by atoms with Crippen molar-refractivity contribution in [1.29, 1.82) is 0 Å². The molecule has 0 heterocycles. The number of nitrogens with zero attached hydrogens (tertiary/aromatic N) is 1. The van der Waals surface area contributed by atoms with Crippen molar-refractivity contribution in [3.05, 3.63) is 30.1 Å². The van der Waals surface area contributed by atoms with Crippen LogP contribution in [0.2, 0.25) is 0 Å². The molecule has 1 aromatic carbocycles. The van der Waals surface area contributed by atoms with E-state index in [0.717, 1.165) is 36.2 Å². The number of amides is 1. The number of rotatable bonds is 10. The maximum Gasteiger partial charge on any atom is 0.240 e. The number of para-hydroxylation sites is 1. The van der Waals surface area contributed by atoms with Crippen molar-refractivity contribution < 1.29 is 17.6 Å². The summed E-state index contributed by atoms with van der Waals surface area (Å²) in [5, 5.41) is 2.77. The van der Waals surface area contributed by atoms with Gasteiger partial charge in [0, 0.05) is 6.54 Å². The molecule has 136 valence electrons. The fourth-order valence-corrected chi connectivity index (χ4v) is 3.28. The van der Waals surface area contributed by atoms with Crippen LogP contribution in [0.25, 0.3) is 0 Å². The lowest BCUT2D eigenvalue weighted by molar-refractivity contribution is -0.119. The Balaban J connectivity index is 2.75. The van der Waals surface area contributed by atoms with Crippen molar-refractivity contribution >= 4 is 21.6 Å². The third kappa shape index (κ3) is 6.47. The number of carbonyl (C=O) groups excluding carboxylic acids is 1. The van der Waals surface area contributed by atoms with E-state index in [-0.39, 0.29) is 5.69 Å². The van der Waals surface area contributed by atoms with E-state index in [4.69, 9.17) is 0 Å². The van der Waals surface area contributed by atoms with Crippen molar-refractivity contribution in [3.8, 4) is 0 Å². The van der Waals surface area contributed by atoms with Gasteiger partial charge in [-0.15, -0.1) is 0 Å². The number of sulfonamides is 1. The Morgan fingerprint density at radius 2 is 1.96 bits per heavy atom. The molecule has 1 rings (SSSR count). The van der Waals surface area contributed by atoms with E-state index in [9.17, 15) is 17.6 Å². The van der Waals surface area contributed by atoms with Gasteiger partial charge in [-0.2, -0.15) is 0 Å². The third-order valence-electron chi connectivity index (χ3n) is 3.94. The first-order valence-electron chi connectivity index (χ1n) is 8.28. The Morgan fingerprint density at radius 3 is 2.50 bits per heavy atom. The van der Waals surface area contributed by atoms with E-state index in [1.165, 1.54) is 24.3 Å². The molecule has 1 amide bonds. The predicted molar refractivity (Wildman–Crippen MR) is 94.9 cm³/mol. The van der Waals surface area contributed by atoms with Gasteiger partial charge >= 0.3 is 0 Å². The number of halogens is 1. The molecule has 0 bridgehead atoms. The molecule has 0 fully saturated rings. The monoisotopic (exact) mass is 358 g/mol. The number of unbranched alkanes of at least 4 members (excludes halogenated alkanes) is 1. The molecule has 1 aromatic rings. The Labute approximate surface area is 144 Å². The molecule has 7 heteroatoms. The van der Waals surface area contributed by atoms with E-state index in [1.54, 1.807) is 0 Å². The topological polar surface area (TPSA) is 66.5 Å². The highest BCUT2D eigenvalue weighted by atomic mass is 32.2. The van der Waals surface area contributed by atoms with E-state index in [0.29, 0.717) is 12.5 Å². The minimum absolute atomic E-state index is 0.117. The molecule has 0 aromatic heterocycles. The van der Waals surface area contributed by atoms with Crippen LogP contribution >= 0.6 is 0 Å². The Hall–Kier alpha value is -1.63. The van der Waals surface area contributed by atoms with Crippen molar-refractivity contribution in [1.82, 2.24) is 5.32 Å². The Bertz CT molecular complexity index is 634. The first-order chi connectivity index (χ1) is 11.3. The highest BCUT2D eigenvalue weighted by Crippen LogP contribution is 2.21. The standard InChI is InChI=1S/C17H27FN2O3S/c1-4-6-9-14(5-2)12-19-17(21)13-20(24(3,22)23)16-11-8-7-10-15(16)18/h7-8,10-11,14H,4-6,9,12-13H2,1-3H3,(H,19,21). The first kappa shape index (κ1) is 20.4. The first-order valence-corrected chi connectivity index (χ1v) is 10.1. The Kier molecular flexibility index (Phi) is 8.18. The second-order valence-corrected chi connectivity index (χ2v) is 7.85. The smallest absolute Gasteiger partial charge is 0.240 e. The molecular formula is C17H27FN2O3S. The fourth-order valence-electron chi connectivity index (χ4n) is 2.42. The van der Waals surface area contributed by atoms with Crippen LogP contribution in [-0.2, 0) is 14.8 Å². The van der Waals surface area contributed by atoms with Crippen LogP contribution in [-0.4, -0.2) is 33.7 Å². The lowest BCUT2D eigenvalue weighted by atomic mass is 9.99. The van der Waals surface area contributed by atoms with Crippen LogP contribution < -0.4 is 9.62 Å². The Morgan fingerprint density at radius 1 is 1.29 bits per heavy atom. The second kappa shape index (κ2) is 9.61. The molecule has 0 aliphatic carbocycles. The number of hydrogen-bond acceptors (Lipinski definition) is 3. The molecule has 1 N–H and O–H groups in total. The van der Waals surface area contributed by atoms with Gasteiger partial charge in [0.05, 0.1) is 11.9 Å². The van der Waals surface area contributed by atoms with E-state index < -0.39 is 28.3 Å². The predicted octanol–water partition coefficient (Wildman–Crippen LogP) is 2.92. The summed E-state index contributed by atoms with van der Waals surface area (Å²) in [7, 11) is -3.76. The summed E-state index contributed by atoms with van der Waals surface area (Å²) < 4.78 is 38.6.